The van der Waals surface area contributed by atoms with E-state index in [1.165, 1.54) is 0 Å². The van der Waals surface area contributed by atoms with E-state index >= 15 is 0 Å². The molecule has 0 unspecified atom stereocenters. The van der Waals surface area contributed by atoms with E-state index in [1.54, 1.807) is 12.4 Å². The highest BCUT2D eigenvalue weighted by atomic mass is 15.1. The first-order chi connectivity index (χ1) is 8.93. The lowest BCUT2D eigenvalue weighted by Gasteiger charge is -2.01. The Morgan fingerprint density at radius 2 is 1.33 bits per heavy atom. The first-order valence-corrected chi connectivity index (χ1v) is 5.60. The van der Waals surface area contributed by atoms with E-state index in [9.17, 15) is 0 Å². The number of hydrogen-bond acceptors (Lipinski definition) is 4. The summed E-state index contributed by atoms with van der Waals surface area (Å²) in [4.78, 5) is 0. The third-order valence-electron chi connectivity index (χ3n) is 2.61. The van der Waals surface area contributed by atoms with Gasteiger partial charge in [0.05, 0.1) is 23.8 Å². The Morgan fingerprint density at radius 1 is 0.611 bits per heavy atom. The molecule has 2 aromatic heterocycles. The van der Waals surface area contributed by atoms with Crippen LogP contribution >= 0.6 is 0 Å². The lowest BCUT2D eigenvalue weighted by molar-refractivity contribution is 1.01. The molecule has 0 saturated carbocycles. The molecule has 2 heterocycles. The molecule has 0 bridgehead atoms. The predicted molar refractivity (Wildman–Crippen MR) is 68.5 cm³/mol. The SMILES string of the molecule is c1ccc(-c2ccc(-c3ccnnc3)nn2)cc1. The molecule has 0 fully saturated rings. The number of nitrogens with zero attached hydrogens (tertiary/aromatic N) is 4. The summed E-state index contributed by atoms with van der Waals surface area (Å²) in [5, 5.41) is 16.0. The van der Waals surface area contributed by atoms with Gasteiger partial charge in [-0.1, -0.05) is 30.3 Å². The molecule has 3 rings (SSSR count). The smallest absolute Gasteiger partial charge is 0.0946 e. The maximum atomic E-state index is 4.23. The van der Waals surface area contributed by atoms with Crippen molar-refractivity contribution in [2.75, 3.05) is 0 Å². The fraction of sp³-hybridized carbons (Fsp3) is 0. The average Bonchev–Trinajstić information content (AvgIpc) is 2.49. The summed E-state index contributed by atoms with van der Waals surface area (Å²) < 4.78 is 0. The number of aromatic nitrogens is 4. The lowest BCUT2D eigenvalue weighted by atomic mass is 10.1. The summed E-state index contributed by atoms with van der Waals surface area (Å²) in [5.74, 6) is 0. The molecule has 0 amide bonds. The van der Waals surface area contributed by atoms with Gasteiger partial charge in [-0.25, -0.2) is 0 Å². The molecule has 0 saturated heterocycles. The summed E-state index contributed by atoms with van der Waals surface area (Å²) >= 11 is 0. The second kappa shape index (κ2) is 4.71. The highest BCUT2D eigenvalue weighted by Crippen LogP contribution is 2.18. The highest BCUT2D eigenvalue weighted by Gasteiger charge is 2.02. The zero-order valence-corrected chi connectivity index (χ0v) is 9.56. The van der Waals surface area contributed by atoms with Gasteiger partial charge in [-0.2, -0.15) is 10.2 Å². The molecule has 4 heteroatoms. The van der Waals surface area contributed by atoms with Gasteiger partial charge < -0.3 is 0 Å². The predicted octanol–water partition coefficient (Wildman–Crippen LogP) is 2.60. The topological polar surface area (TPSA) is 51.6 Å². The van der Waals surface area contributed by atoms with Gasteiger partial charge in [0.25, 0.3) is 0 Å². The van der Waals surface area contributed by atoms with Crippen LogP contribution in [-0.4, -0.2) is 20.4 Å². The van der Waals surface area contributed by atoms with E-state index in [-0.39, 0.29) is 0 Å². The van der Waals surface area contributed by atoms with Crippen molar-refractivity contribution in [3.8, 4) is 22.5 Å². The van der Waals surface area contributed by atoms with Crippen LogP contribution in [0.25, 0.3) is 22.5 Å². The van der Waals surface area contributed by atoms with E-state index in [0.717, 1.165) is 22.5 Å². The van der Waals surface area contributed by atoms with Crippen LogP contribution in [0.4, 0.5) is 0 Å². The molecule has 0 aliphatic carbocycles. The summed E-state index contributed by atoms with van der Waals surface area (Å²) in [6.45, 7) is 0. The minimum Gasteiger partial charge on any atom is -0.159 e. The molecule has 0 N–H and O–H groups in total. The second-order valence-corrected chi connectivity index (χ2v) is 3.80. The van der Waals surface area contributed by atoms with Crippen LogP contribution in [-0.2, 0) is 0 Å². The molecule has 0 aliphatic heterocycles. The van der Waals surface area contributed by atoms with Gasteiger partial charge in [-0.15, -0.1) is 10.2 Å². The maximum Gasteiger partial charge on any atom is 0.0946 e. The van der Waals surface area contributed by atoms with Crippen LogP contribution in [0.15, 0.2) is 60.9 Å². The van der Waals surface area contributed by atoms with Crippen molar-refractivity contribution in [2.45, 2.75) is 0 Å². The normalized spacial score (nSPS) is 10.2. The zero-order chi connectivity index (χ0) is 12.2. The van der Waals surface area contributed by atoms with Crippen molar-refractivity contribution >= 4 is 0 Å². The van der Waals surface area contributed by atoms with Crippen molar-refractivity contribution < 1.29 is 0 Å². The van der Waals surface area contributed by atoms with Crippen LogP contribution in [0.1, 0.15) is 0 Å². The fourth-order valence-electron chi connectivity index (χ4n) is 1.69. The van der Waals surface area contributed by atoms with E-state index in [0.29, 0.717) is 0 Å². The quantitative estimate of drug-likeness (QED) is 0.684. The first kappa shape index (κ1) is 10.5. The van der Waals surface area contributed by atoms with Gasteiger partial charge in [0.15, 0.2) is 0 Å². The molecular weight excluding hydrogens is 224 g/mol. The molecule has 18 heavy (non-hydrogen) atoms. The summed E-state index contributed by atoms with van der Waals surface area (Å²) in [7, 11) is 0. The van der Waals surface area contributed by atoms with E-state index in [4.69, 9.17) is 0 Å². The van der Waals surface area contributed by atoms with Crippen molar-refractivity contribution in [2.24, 2.45) is 0 Å². The van der Waals surface area contributed by atoms with Crippen LogP contribution in [0, 0.1) is 0 Å². The number of hydrogen-bond donors (Lipinski definition) is 0. The Morgan fingerprint density at radius 3 is 1.94 bits per heavy atom. The summed E-state index contributed by atoms with van der Waals surface area (Å²) in [6, 6.07) is 15.7. The van der Waals surface area contributed by atoms with Crippen LogP contribution < -0.4 is 0 Å². The second-order valence-electron chi connectivity index (χ2n) is 3.80. The van der Waals surface area contributed by atoms with Crippen molar-refractivity contribution in [1.29, 1.82) is 0 Å². The van der Waals surface area contributed by atoms with Crippen LogP contribution in [0.2, 0.25) is 0 Å². The average molecular weight is 234 g/mol. The first-order valence-electron chi connectivity index (χ1n) is 5.60. The zero-order valence-electron chi connectivity index (χ0n) is 9.56. The molecule has 1 aromatic carbocycles. The van der Waals surface area contributed by atoms with Gasteiger partial charge >= 0.3 is 0 Å². The largest absolute Gasteiger partial charge is 0.159 e. The van der Waals surface area contributed by atoms with Crippen molar-refractivity contribution in [1.82, 2.24) is 20.4 Å². The molecule has 3 aromatic rings. The molecular formula is C14H10N4. The summed E-state index contributed by atoms with van der Waals surface area (Å²) in [6.07, 6.45) is 3.31. The highest BCUT2D eigenvalue weighted by molar-refractivity contribution is 5.62. The minimum atomic E-state index is 0.796. The Balaban J connectivity index is 1.95. The Bertz CT molecular complexity index is 562. The molecule has 0 aliphatic rings. The van der Waals surface area contributed by atoms with E-state index in [2.05, 4.69) is 20.4 Å². The van der Waals surface area contributed by atoms with E-state index < -0.39 is 0 Å². The Labute approximate surface area is 104 Å². The number of benzene rings is 1. The Hall–Kier alpha value is -2.62. The minimum absolute atomic E-state index is 0.796. The molecule has 0 radical (unpaired) electrons. The van der Waals surface area contributed by atoms with Gasteiger partial charge in [0, 0.05) is 11.1 Å². The monoisotopic (exact) mass is 234 g/mol. The van der Waals surface area contributed by atoms with Crippen LogP contribution in [0.5, 0.6) is 0 Å². The fourth-order valence-corrected chi connectivity index (χ4v) is 1.69. The number of rotatable bonds is 2. The molecule has 86 valence electrons. The lowest BCUT2D eigenvalue weighted by Crippen LogP contribution is -1.91. The van der Waals surface area contributed by atoms with Crippen molar-refractivity contribution in [3.63, 3.8) is 0 Å². The molecule has 0 atom stereocenters. The van der Waals surface area contributed by atoms with Gasteiger partial charge in [0.1, 0.15) is 0 Å². The third kappa shape index (κ3) is 2.08. The van der Waals surface area contributed by atoms with Crippen molar-refractivity contribution in [3.05, 3.63) is 60.9 Å². The molecule has 0 spiro atoms. The Kier molecular flexibility index (Phi) is 2.75. The molecule has 4 nitrogen and oxygen atoms in total. The standard InChI is InChI=1S/C14H10N4/c1-2-4-11(5-3-1)13-6-7-14(18-17-13)12-8-9-15-16-10-12/h1-10H. The van der Waals surface area contributed by atoms with Gasteiger partial charge in [-0.3, -0.25) is 0 Å². The van der Waals surface area contributed by atoms with Gasteiger partial charge in [-0.05, 0) is 18.2 Å². The third-order valence-corrected chi connectivity index (χ3v) is 2.61. The van der Waals surface area contributed by atoms with Crippen LogP contribution in [0.3, 0.4) is 0 Å². The maximum absolute atomic E-state index is 4.23. The summed E-state index contributed by atoms with van der Waals surface area (Å²) in [5.41, 5.74) is 3.63. The van der Waals surface area contributed by atoms with Gasteiger partial charge in [0.2, 0.25) is 0 Å². The van der Waals surface area contributed by atoms with E-state index in [1.807, 2.05) is 48.5 Å².